The van der Waals surface area contributed by atoms with Crippen molar-refractivity contribution in [2.75, 3.05) is 52.4 Å². The Kier molecular flexibility index (Phi) is 11.1. The van der Waals surface area contributed by atoms with Crippen LogP contribution in [0.2, 0.25) is 0 Å². The standard InChI is InChI=1S/C21H34N4O3S.C2HF3O2/c1-18-7-3-4-9-20(18)29(27,28)25(16-15-23-12-6-5-8-19(23)2)17-21(26)24-13-10-22-11-14-24;3-2(4,5)1(6)7/h3-4,7,9,19,22H,5-6,8,10-17H2,1-2H3;(H,6,7). The normalized spacial score (nSPS) is 19.5. The molecule has 0 spiro atoms. The Morgan fingerprint density at radius 3 is 2.31 bits per heavy atom. The fraction of sp³-hybridized carbons (Fsp3) is 0.652. The van der Waals surface area contributed by atoms with Gasteiger partial charge in [-0.15, -0.1) is 0 Å². The van der Waals surface area contributed by atoms with Crippen molar-refractivity contribution in [1.82, 2.24) is 19.4 Å². The van der Waals surface area contributed by atoms with E-state index in [1.807, 2.05) is 6.07 Å². The molecule has 2 N–H and O–H groups in total. The number of piperazine rings is 1. The van der Waals surface area contributed by atoms with E-state index in [2.05, 4.69) is 17.1 Å². The second-order valence-electron chi connectivity index (χ2n) is 8.92. The van der Waals surface area contributed by atoms with Gasteiger partial charge in [-0.1, -0.05) is 24.6 Å². The van der Waals surface area contributed by atoms with E-state index in [4.69, 9.17) is 9.90 Å². The van der Waals surface area contributed by atoms with E-state index in [9.17, 15) is 26.4 Å². The monoisotopic (exact) mass is 536 g/mol. The highest BCUT2D eigenvalue weighted by atomic mass is 32.2. The number of likely N-dealkylation sites (tertiary alicyclic amines) is 1. The van der Waals surface area contributed by atoms with Gasteiger partial charge in [0.25, 0.3) is 0 Å². The lowest BCUT2D eigenvalue weighted by atomic mass is 10.0. The molecule has 0 bridgehead atoms. The Morgan fingerprint density at radius 1 is 1.14 bits per heavy atom. The van der Waals surface area contributed by atoms with Gasteiger partial charge in [0.2, 0.25) is 15.9 Å². The second-order valence-corrected chi connectivity index (χ2v) is 10.8. The highest BCUT2D eigenvalue weighted by Crippen LogP contribution is 2.21. The smallest absolute Gasteiger partial charge is 0.475 e. The molecule has 0 aliphatic carbocycles. The Hall–Kier alpha value is -2.22. The lowest BCUT2D eigenvalue weighted by Crippen LogP contribution is -2.51. The molecule has 9 nitrogen and oxygen atoms in total. The van der Waals surface area contributed by atoms with Crippen LogP contribution in [0.25, 0.3) is 0 Å². The van der Waals surface area contributed by atoms with Crippen LogP contribution in [0, 0.1) is 6.92 Å². The fourth-order valence-electron chi connectivity index (χ4n) is 4.16. The summed E-state index contributed by atoms with van der Waals surface area (Å²) in [6.07, 6.45) is -1.57. The molecule has 3 rings (SSSR count). The number of alkyl halides is 3. The molecule has 1 amide bonds. The maximum Gasteiger partial charge on any atom is 0.490 e. The number of nitrogens with one attached hydrogen (secondary N) is 1. The van der Waals surface area contributed by atoms with Crippen molar-refractivity contribution in [3.05, 3.63) is 29.8 Å². The number of halogens is 3. The second kappa shape index (κ2) is 13.4. The Morgan fingerprint density at radius 2 is 1.75 bits per heavy atom. The summed E-state index contributed by atoms with van der Waals surface area (Å²) in [6.45, 7) is 8.63. The first kappa shape index (κ1) is 30.0. The van der Waals surface area contributed by atoms with Crippen LogP contribution >= 0.6 is 0 Å². The first-order valence-electron chi connectivity index (χ1n) is 11.9. The number of hydrogen-bond acceptors (Lipinski definition) is 6. The van der Waals surface area contributed by atoms with E-state index in [0.29, 0.717) is 42.7 Å². The summed E-state index contributed by atoms with van der Waals surface area (Å²) in [6, 6.07) is 7.46. The third kappa shape index (κ3) is 8.71. The Bertz CT molecular complexity index is 984. The summed E-state index contributed by atoms with van der Waals surface area (Å²) in [7, 11) is -3.74. The molecule has 0 saturated carbocycles. The van der Waals surface area contributed by atoms with Gasteiger partial charge in [-0.05, 0) is 44.9 Å². The molecule has 204 valence electrons. The van der Waals surface area contributed by atoms with Gasteiger partial charge in [0.15, 0.2) is 0 Å². The van der Waals surface area contributed by atoms with Crippen LogP contribution in [-0.2, 0) is 19.6 Å². The minimum Gasteiger partial charge on any atom is -0.475 e. The molecule has 1 atom stereocenters. The number of carbonyl (C=O) groups excluding carboxylic acids is 1. The van der Waals surface area contributed by atoms with E-state index in [-0.39, 0.29) is 12.5 Å². The van der Waals surface area contributed by atoms with Crippen molar-refractivity contribution >= 4 is 21.9 Å². The van der Waals surface area contributed by atoms with Gasteiger partial charge in [0.05, 0.1) is 11.4 Å². The largest absolute Gasteiger partial charge is 0.490 e. The van der Waals surface area contributed by atoms with Crippen LogP contribution < -0.4 is 5.32 Å². The number of benzene rings is 1. The number of sulfonamides is 1. The van der Waals surface area contributed by atoms with Crippen LogP contribution in [0.15, 0.2) is 29.2 Å². The Labute approximate surface area is 210 Å². The lowest BCUT2D eigenvalue weighted by molar-refractivity contribution is -0.192. The molecule has 1 unspecified atom stereocenters. The predicted molar refractivity (Wildman–Crippen MR) is 128 cm³/mol. The summed E-state index contributed by atoms with van der Waals surface area (Å²) in [4.78, 5) is 26.2. The van der Waals surface area contributed by atoms with Crippen molar-refractivity contribution in [2.45, 2.75) is 50.2 Å². The van der Waals surface area contributed by atoms with Gasteiger partial charge in [-0.2, -0.15) is 17.5 Å². The number of aryl methyl sites for hydroxylation is 1. The highest BCUT2D eigenvalue weighted by Gasteiger charge is 2.38. The zero-order valence-corrected chi connectivity index (χ0v) is 21.4. The molecule has 2 heterocycles. The average molecular weight is 537 g/mol. The van der Waals surface area contributed by atoms with E-state index >= 15 is 0 Å². The van der Waals surface area contributed by atoms with E-state index < -0.39 is 22.2 Å². The summed E-state index contributed by atoms with van der Waals surface area (Å²) in [5.74, 6) is -2.87. The fourth-order valence-corrected chi connectivity index (χ4v) is 5.77. The molecular formula is C23H35F3N4O5S. The number of piperidine rings is 1. The number of aliphatic carboxylic acids is 1. The van der Waals surface area contributed by atoms with Crippen molar-refractivity contribution in [3.8, 4) is 0 Å². The number of carbonyl (C=O) groups is 2. The minimum absolute atomic E-state index is 0.0983. The number of amides is 1. The maximum atomic E-state index is 13.5. The molecule has 13 heteroatoms. The summed E-state index contributed by atoms with van der Waals surface area (Å²) >= 11 is 0. The van der Waals surface area contributed by atoms with Crippen molar-refractivity contribution < 1.29 is 36.3 Å². The van der Waals surface area contributed by atoms with Crippen molar-refractivity contribution in [3.63, 3.8) is 0 Å². The van der Waals surface area contributed by atoms with Crippen molar-refractivity contribution in [1.29, 1.82) is 0 Å². The lowest BCUT2D eigenvalue weighted by Gasteiger charge is -2.35. The third-order valence-corrected chi connectivity index (χ3v) is 8.32. The van der Waals surface area contributed by atoms with Crippen LogP contribution in [0.1, 0.15) is 31.7 Å². The van der Waals surface area contributed by atoms with E-state index in [0.717, 1.165) is 32.5 Å². The first-order chi connectivity index (χ1) is 16.8. The SMILES string of the molecule is Cc1ccccc1S(=O)(=O)N(CCN1CCCCC1C)CC(=O)N1CCNCC1.O=C(O)C(F)(F)F. The van der Waals surface area contributed by atoms with E-state index in [1.165, 1.54) is 10.7 Å². The number of carboxylic acids is 1. The summed E-state index contributed by atoms with van der Waals surface area (Å²) in [5, 5.41) is 10.4. The third-order valence-electron chi connectivity index (χ3n) is 6.31. The molecule has 36 heavy (non-hydrogen) atoms. The Balaban J connectivity index is 0.000000572. The van der Waals surface area contributed by atoms with Gasteiger partial charge in [-0.3, -0.25) is 9.69 Å². The van der Waals surface area contributed by atoms with Crippen LogP contribution in [0.4, 0.5) is 13.2 Å². The minimum atomic E-state index is -5.08. The van der Waals surface area contributed by atoms with Gasteiger partial charge in [0.1, 0.15) is 0 Å². The number of carboxylic acid groups (broad SMARTS) is 1. The van der Waals surface area contributed by atoms with Gasteiger partial charge < -0.3 is 15.3 Å². The average Bonchev–Trinajstić information content (AvgIpc) is 2.83. The molecule has 2 saturated heterocycles. The quantitative estimate of drug-likeness (QED) is 0.548. The number of rotatable bonds is 7. The molecular weight excluding hydrogens is 501 g/mol. The molecule has 1 aromatic carbocycles. The van der Waals surface area contributed by atoms with Gasteiger partial charge in [-0.25, -0.2) is 13.2 Å². The zero-order chi connectivity index (χ0) is 26.9. The topological polar surface area (TPSA) is 110 Å². The molecule has 2 aliphatic heterocycles. The van der Waals surface area contributed by atoms with Crippen LogP contribution in [-0.4, -0.2) is 104 Å². The molecule has 0 aromatic heterocycles. The highest BCUT2D eigenvalue weighted by molar-refractivity contribution is 7.89. The molecule has 2 aliphatic rings. The van der Waals surface area contributed by atoms with Crippen LogP contribution in [0.3, 0.4) is 0 Å². The maximum absolute atomic E-state index is 13.5. The number of nitrogens with zero attached hydrogens (tertiary/aromatic N) is 3. The predicted octanol–water partition coefficient (Wildman–Crippen LogP) is 1.93. The van der Waals surface area contributed by atoms with Crippen LogP contribution in [0.5, 0.6) is 0 Å². The summed E-state index contributed by atoms with van der Waals surface area (Å²) in [5.41, 5.74) is 0.707. The first-order valence-corrected chi connectivity index (χ1v) is 13.4. The molecule has 2 fully saturated rings. The summed E-state index contributed by atoms with van der Waals surface area (Å²) < 4.78 is 60.0. The van der Waals surface area contributed by atoms with Gasteiger partial charge >= 0.3 is 12.1 Å². The van der Waals surface area contributed by atoms with Gasteiger partial charge in [0, 0.05) is 45.3 Å². The van der Waals surface area contributed by atoms with E-state index in [1.54, 1.807) is 30.0 Å². The molecule has 0 radical (unpaired) electrons. The van der Waals surface area contributed by atoms with Crippen molar-refractivity contribution in [2.24, 2.45) is 0 Å². The zero-order valence-electron chi connectivity index (χ0n) is 20.6. The molecule has 1 aromatic rings. The number of hydrogen-bond donors (Lipinski definition) is 2.